The second-order valence-electron chi connectivity index (χ2n) is 6.34. The van der Waals surface area contributed by atoms with Crippen molar-refractivity contribution in [2.75, 3.05) is 18.4 Å². The molecule has 0 radical (unpaired) electrons. The third-order valence-electron chi connectivity index (χ3n) is 4.34. The van der Waals surface area contributed by atoms with Crippen LogP contribution in [-0.4, -0.2) is 34.7 Å². The van der Waals surface area contributed by atoms with Crippen LogP contribution in [0.15, 0.2) is 63.7 Å². The van der Waals surface area contributed by atoms with Gasteiger partial charge in [-0.2, -0.15) is 0 Å². The molecule has 4 rings (SSSR count). The van der Waals surface area contributed by atoms with Crippen LogP contribution in [0.2, 0.25) is 0 Å². The van der Waals surface area contributed by atoms with Crippen LogP contribution in [0.1, 0.15) is 18.5 Å². The summed E-state index contributed by atoms with van der Waals surface area (Å²) in [5, 5.41) is 9.09. The van der Waals surface area contributed by atoms with Crippen LogP contribution in [0.4, 0.5) is 10.5 Å². The average Bonchev–Trinajstić information content (AvgIpc) is 3.41. The molecule has 2 amide bonds. The van der Waals surface area contributed by atoms with Crippen molar-refractivity contribution in [3.8, 4) is 10.8 Å². The van der Waals surface area contributed by atoms with Crippen molar-refractivity contribution in [3.63, 3.8) is 0 Å². The Labute approximate surface area is 166 Å². The van der Waals surface area contributed by atoms with Gasteiger partial charge in [0.25, 0.3) is 0 Å². The zero-order chi connectivity index (χ0) is 19.2. The number of urea groups is 1. The van der Waals surface area contributed by atoms with E-state index < -0.39 is 0 Å². The lowest BCUT2D eigenvalue weighted by Gasteiger charge is -2.27. The van der Waals surface area contributed by atoms with E-state index in [0.717, 1.165) is 16.3 Å². The molecular weight excluding hydrogens is 376 g/mol. The molecule has 1 aliphatic heterocycles. The molecule has 0 unspecified atom stereocenters. The molecule has 2 aromatic heterocycles. The van der Waals surface area contributed by atoms with Crippen LogP contribution in [0.5, 0.6) is 0 Å². The number of para-hydroxylation sites is 1. The van der Waals surface area contributed by atoms with Gasteiger partial charge in [0.2, 0.25) is 5.89 Å². The molecular formula is C20H20N4O3S. The summed E-state index contributed by atoms with van der Waals surface area (Å²) in [5.74, 6) is 0.596. The number of piperidine rings is 1. The number of thiophene rings is 1. The molecule has 28 heavy (non-hydrogen) atoms. The highest BCUT2D eigenvalue weighted by molar-refractivity contribution is 7.13. The number of rotatable bonds is 5. The van der Waals surface area contributed by atoms with E-state index in [4.69, 9.17) is 9.25 Å². The number of oxime groups is 1. The van der Waals surface area contributed by atoms with Crippen LogP contribution in [0, 0.1) is 0 Å². The number of anilines is 1. The Morgan fingerprint density at radius 3 is 2.79 bits per heavy atom. The van der Waals surface area contributed by atoms with Crippen molar-refractivity contribution in [3.05, 3.63) is 59.8 Å². The second kappa shape index (κ2) is 8.71. The number of nitrogens with zero attached hydrogens (tertiary/aromatic N) is 3. The molecule has 3 heterocycles. The Balaban J connectivity index is 1.23. The summed E-state index contributed by atoms with van der Waals surface area (Å²) >= 11 is 1.58. The van der Waals surface area contributed by atoms with Crippen molar-refractivity contribution in [1.29, 1.82) is 0 Å². The number of aromatic nitrogens is 1. The zero-order valence-corrected chi connectivity index (χ0v) is 16.0. The molecule has 1 saturated heterocycles. The van der Waals surface area contributed by atoms with E-state index in [9.17, 15) is 4.79 Å². The van der Waals surface area contributed by atoms with Gasteiger partial charge in [0, 0.05) is 31.6 Å². The molecule has 7 nitrogen and oxygen atoms in total. The van der Waals surface area contributed by atoms with Crippen LogP contribution < -0.4 is 5.32 Å². The Morgan fingerprint density at radius 2 is 2.04 bits per heavy atom. The molecule has 3 aromatic rings. The van der Waals surface area contributed by atoms with Crippen molar-refractivity contribution in [2.45, 2.75) is 19.4 Å². The highest BCUT2D eigenvalue weighted by atomic mass is 32.1. The molecule has 1 aromatic carbocycles. The number of hydrogen-bond acceptors (Lipinski definition) is 6. The lowest BCUT2D eigenvalue weighted by atomic mass is 10.1. The molecule has 1 fully saturated rings. The average molecular weight is 396 g/mol. The Bertz CT molecular complexity index is 928. The molecule has 144 valence electrons. The third-order valence-corrected chi connectivity index (χ3v) is 5.20. The van der Waals surface area contributed by atoms with Crippen molar-refractivity contribution in [2.24, 2.45) is 5.16 Å². The van der Waals surface area contributed by atoms with Gasteiger partial charge in [-0.25, -0.2) is 9.78 Å². The van der Waals surface area contributed by atoms with E-state index in [2.05, 4.69) is 15.5 Å². The number of oxazole rings is 1. The van der Waals surface area contributed by atoms with Crippen molar-refractivity contribution < 1.29 is 14.0 Å². The van der Waals surface area contributed by atoms with Crippen molar-refractivity contribution >= 4 is 28.8 Å². The maximum Gasteiger partial charge on any atom is 0.321 e. The van der Waals surface area contributed by atoms with E-state index >= 15 is 0 Å². The first-order valence-electron chi connectivity index (χ1n) is 9.05. The number of amides is 2. The van der Waals surface area contributed by atoms with E-state index in [1.807, 2.05) is 47.8 Å². The summed E-state index contributed by atoms with van der Waals surface area (Å²) in [4.78, 5) is 24.9. The number of hydrogen-bond donors (Lipinski definition) is 1. The maximum atomic E-state index is 12.3. The van der Waals surface area contributed by atoms with Crippen LogP contribution >= 0.6 is 11.3 Å². The predicted molar refractivity (Wildman–Crippen MR) is 108 cm³/mol. The Morgan fingerprint density at radius 1 is 1.21 bits per heavy atom. The van der Waals surface area contributed by atoms with Gasteiger partial charge in [-0.1, -0.05) is 29.4 Å². The van der Waals surface area contributed by atoms with Gasteiger partial charge in [0.15, 0.2) is 6.61 Å². The lowest BCUT2D eigenvalue weighted by Crippen LogP contribution is -2.41. The number of nitrogens with one attached hydrogen (secondary N) is 1. The molecule has 8 heteroatoms. The SMILES string of the molecule is O=C(Nc1ccccc1)N1CCC(=NOCc2coc(-c3cccs3)n2)CC1. The first kappa shape index (κ1) is 18.2. The highest BCUT2D eigenvalue weighted by Gasteiger charge is 2.20. The molecule has 1 N–H and O–H groups in total. The highest BCUT2D eigenvalue weighted by Crippen LogP contribution is 2.23. The molecule has 0 bridgehead atoms. The van der Waals surface area contributed by atoms with Gasteiger partial charge in [0.05, 0.1) is 10.6 Å². The van der Waals surface area contributed by atoms with E-state index in [0.29, 0.717) is 37.5 Å². The lowest BCUT2D eigenvalue weighted by molar-refractivity contribution is 0.125. The fourth-order valence-electron chi connectivity index (χ4n) is 2.86. The van der Waals surface area contributed by atoms with Gasteiger partial charge < -0.3 is 19.5 Å². The van der Waals surface area contributed by atoms with E-state index in [1.54, 1.807) is 22.5 Å². The quantitative estimate of drug-likeness (QED) is 0.639. The summed E-state index contributed by atoms with van der Waals surface area (Å²) in [6, 6.07) is 13.3. The van der Waals surface area contributed by atoms with E-state index in [1.165, 1.54) is 0 Å². The minimum atomic E-state index is -0.0881. The molecule has 0 atom stereocenters. The van der Waals surface area contributed by atoms with Gasteiger partial charge in [-0.05, 0) is 23.6 Å². The summed E-state index contributed by atoms with van der Waals surface area (Å²) in [6.07, 6.45) is 2.98. The molecule has 0 saturated carbocycles. The summed E-state index contributed by atoms with van der Waals surface area (Å²) in [6.45, 7) is 1.50. The smallest absolute Gasteiger partial charge is 0.321 e. The van der Waals surface area contributed by atoms with Crippen molar-refractivity contribution in [1.82, 2.24) is 9.88 Å². The first-order valence-corrected chi connectivity index (χ1v) is 9.93. The fraction of sp³-hybridized carbons (Fsp3) is 0.250. The summed E-state index contributed by atoms with van der Waals surface area (Å²) in [7, 11) is 0. The number of likely N-dealkylation sites (tertiary alicyclic amines) is 1. The van der Waals surface area contributed by atoms with Gasteiger partial charge in [0.1, 0.15) is 12.0 Å². The molecule has 0 spiro atoms. The maximum absolute atomic E-state index is 12.3. The largest absolute Gasteiger partial charge is 0.443 e. The first-order chi connectivity index (χ1) is 13.8. The minimum absolute atomic E-state index is 0.0881. The van der Waals surface area contributed by atoms with E-state index in [-0.39, 0.29) is 12.6 Å². The predicted octanol–water partition coefficient (Wildman–Crippen LogP) is 4.60. The van der Waals surface area contributed by atoms with Crippen LogP contribution in [0.3, 0.4) is 0 Å². The topological polar surface area (TPSA) is 80.0 Å². The number of carbonyl (C=O) groups excluding carboxylic acids is 1. The van der Waals surface area contributed by atoms with Crippen LogP contribution in [0.25, 0.3) is 10.8 Å². The number of carbonyl (C=O) groups is 1. The standard InChI is InChI=1S/C20H20N4O3S/c25-20(22-15-5-2-1-3-6-15)24-10-8-16(9-11-24)23-27-14-17-13-26-19(21-17)18-7-4-12-28-18/h1-7,12-13H,8-11,14H2,(H,22,25). The summed E-state index contributed by atoms with van der Waals surface area (Å²) in [5.41, 5.74) is 2.45. The number of benzene rings is 1. The Hall–Kier alpha value is -3.13. The van der Waals surface area contributed by atoms with Gasteiger partial charge in [-0.15, -0.1) is 11.3 Å². The third kappa shape index (κ3) is 4.58. The summed E-state index contributed by atoms with van der Waals surface area (Å²) < 4.78 is 5.46. The monoisotopic (exact) mass is 396 g/mol. The van der Waals surface area contributed by atoms with Crippen LogP contribution in [-0.2, 0) is 11.4 Å². The second-order valence-corrected chi connectivity index (χ2v) is 7.28. The normalized spacial score (nSPS) is 14.0. The minimum Gasteiger partial charge on any atom is -0.443 e. The molecule has 1 aliphatic rings. The fourth-order valence-corrected chi connectivity index (χ4v) is 3.52. The Kier molecular flexibility index (Phi) is 5.67. The zero-order valence-electron chi connectivity index (χ0n) is 15.2. The van der Waals surface area contributed by atoms with Gasteiger partial charge >= 0.3 is 6.03 Å². The molecule has 0 aliphatic carbocycles. The van der Waals surface area contributed by atoms with Gasteiger partial charge in [-0.3, -0.25) is 0 Å².